The Balaban J connectivity index is 2.58. The molecule has 6 heteroatoms. The van der Waals surface area contributed by atoms with Crippen molar-refractivity contribution < 1.29 is 9.90 Å². The van der Waals surface area contributed by atoms with Gasteiger partial charge in [0, 0.05) is 19.1 Å². The van der Waals surface area contributed by atoms with Crippen LogP contribution in [0, 0.1) is 0 Å². The Morgan fingerprint density at radius 2 is 2.16 bits per heavy atom. The molecule has 0 aliphatic heterocycles. The molecule has 1 amide bonds. The molecular formula is C13H20ClN3O2. The Morgan fingerprint density at radius 3 is 2.79 bits per heavy atom. The zero-order valence-electron chi connectivity index (χ0n) is 11.3. The maximum Gasteiger partial charge on any atom is 0.271 e. The standard InChI is InChI=1S/C13H20ClN3O2/c1-9(2)12-16-8-10(14)11(17-12)13(19)15-6-4-3-5-7-18/h8-9,18H,3-7H2,1-2H3,(H,15,19). The number of carbonyl (C=O) groups is 1. The minimum Gasteiger partial charge on any atom is -0.396 e. The van der Waals surface area contributed by atoms with Crippen molar-refractivity contribution in [2.45, 2.75) is 39.0 Å². The van der Waals surface area contributed by atoms with E-state index in [0.717, 1.165) is 19.3 Å². The summed E-state index contributed by atoms with van der Waals surface area (Å²) in [7, 11) is 0. The monoisotopic (exact) mass is 285 g/mol. The molecule has 0 radical (unpaired) electrons. The van der Waals surface area contributed by atoms with Gasteiger partial charge in [0.2, 0.25) is 0 Å². The Labute approximate surface area is 118 Å². The summed E-state index contributed by atoms with van der Waals surface area (Å²) in [4.78, 5) is 20.2. The third kappa shape index (κ3) is 5.12. The Bertz CT molecular complexity index is 424. The van der Waals surface area contributed by atoms with Gasteiger partial charge in [0.1, 0.15) is 11.5 Å². The zero-order valence-corrected chi connectivity index (χ0v) is 12.1. The number of halogens is 1. The van der Waals surface area contributed by atoms with Crippen molar-refractivity contribution in [1.29, 1.82) is 0 Å². The van der Waals surface area contributed by atoms with Crippen molar-refractivity contribution in [1.82, 2.24) is 15.3 Å². The second-order valence-corrected chi connectivity index (χ2v) is 5.03. The number of aromatic nitrogens is 2. The van der Waals surface area contributed by atoms with Gasteiger partial charge in [-0.3, -0.25) is 4.79 Å². The second kappa shape index (κ2) is 8.07. The lowest BCUT2D eigenvalue weighted by atomic mass is 10.2. The van der Waals surface area contributed by atoms with Crippen molar-refractivity contribution >= 4 is 17.5 Å². The molecule has 1 aromatic rings. The summed E-state index contributed by atoms with van der Waals surface area (Å²) in [6.07, 6.45) is 3.92. The molecule has 0 spiro atoms. The number of amides is 1. The number of nitrogens with one attached hydrogen (secondary N) is 1. The van der Waals surface area contributed by atoms with Gasteiger partial charge in [-0.15, -0.1) is 0 Å². The zero-order chi connectivity index (χ0) is 14.3. The van der Waals surface area contributed by atoms with E-state index in [1.165, 1.54) is 6.20 Å². The predicted octanol–water partition coefficient (Wildman–Crippen LogP) is 2.15. The molecule has 0 fully saturated rings. The maximum atomic E-state index is 11.9. The van der Waals surface area contributed by atoms with Gasteiger partial charge < -0.3 is 10.4 Å². The van der Waals surface area contributed by atoms with Crippen LogP contribution in [0.2, 0.25) is 5.02 Å². The fraction of sp³-hybridized carbons (Fsp3) is 0.615. The highest BCUT2D eigenvalue weighted by molar-refractivity contribution is 6.33. The highest BCUT2D eigenvalue weighted by Crippen LogP contribution is 2.16. The lowest BCUT2D eigenvalue weighted by molar-refractivity contribution is 0.0947. The van der Waals surface area contributed by atoms with Crippen molar-refractivity contribution in [3.8, 4) is 0 Å². The van der Waals surface area contributed by atoms with E-state index < -0.39 is 0 Å². The van der Waals surface area contributed by atoms with Gasteiger partial charge in [-0.25, -0.2) is 9.97 Å². The van der Waals surface area contributed by atoms with E-state index in [0.29, 0.717) is 12.4 Å². The van der Waals surface area contributed by atoms with E-state index in [1.807, 2.05) is 13.8 Å². The van der Waals surface area contributed by atoms with Gasteiger partial charge in [-0.2, -0.15) is 0 Å². The van der Waals surface area contributed by atoms with E-state index in [-0.39, 0.29) is 29.1 Å². The van der Waals surface area contributed by atoms with Crippen LogP contribution in [0.4, 0.5) is 0 Å². The quantitative estimate of drug-likeness (QED) is 0.753. The van der Waals surface area contributed by atoms with Gasteiger partial charge in [0.15, 0.2) is 0 Å². The first-order chi connectivity index (χ1) is 9.06. The van der Waals surface area contributed by atoms with Crippen LogP contribution in [0.1, 0.15) is 55.3 Å². The largest absolute Gasteiger partial charge is 0.396 e. The van der Waals surface area contributed by atoms with Crippen LogP contribution >= 0.6 is 11.6 Å². The topological polar surface area (TPSA) is 75.1 Å². The third-order valence-corrected chi connectivity index (χ3v) is 2.89. The van der Waals surface area contributed by atoms with Gasteiger partial charge in [0.05, 0.1) is 11.2 Å². The van der Waals surface area contributed by atoms with E-state index in [4.69, 9.17) is 16.7 Å². The molecule has 0 saturated carbocycles. The summed E-state index contributed by atoms with van der Waals surface area (Å²) in [6.45, 7) is 4.65. The number of unbranched alkanes of at least 4 members (excludes halogenated alkanes) is 2. The van der Waals surface area contributed by atoms with E-state index in [2.05, 4.69) is 15.3 Å². The molecule has 1 heterocycles. The summed E-state index contributed by atoms with van der Waals surface area (Å²) < 4.78 is 0. The highest BCUT2D eigenvalue weighted by Gasteiger charge is 2.14. The molecule has 0 saturated heterocycles. The molecule has 2 N–H and O–H groups in total. The number of rotatable bonds is 7. The second-order valence-electron chi connectivity index (χ2n) is 4.62. The van der Waals surface area contributed by atoms with Crippen molar-refractivity contribution in [3.05, 3.63) is 22.7 Å². The Hall–Kier alpha value is -1.20. The lowest BCUT2D eigenvalue weighted by Crippen LogP contribution is -2.26. The van der Waals surface area contributed by atoms with Crippen LogP contribution in [0.5, 0.6) is 0 Å². The van der Waals surface area contributed by atoms with E-state index in [9.17, 15) is 4.79 Å². The molecule has 5 nitrogen and oxygen atoms in total. The minimum atomic E-state index is -0.279. The van der Waals surface area contributed by atoms with Gasteiger partial charge in [-0.1, -0.05) is 25.4 Å². The lowest BCUT2D eigenvalue weighted by Gasteiger charge is -2.08. The van der Waals surface area contributed by atoms with Crippen LogP contribution in [0.25, 0.3) is 0 Å². The predicted molar refractivity (Wildman–Crippen MR) is 74.4 cm³/mol. The van der Waals surface area contributed by atoms with Gasteiger partial charge >= 0.3 is 0 Å². The molecule has 0 atom stereocenters. The number of aliphatic hydroxyl groups is 1. The fourth-order valence-corrected chi connectivity index (χ4v) is 1.69. The van der Waals surface area contributed by atoms with Gasteiger partial charge in [0.25, 0.3) is 5.91 Å². The third-order valence-electron chi connectivity index (χ3n) is 2.61. The number of hydrogen-bond donors (Lipinski definition) is 2. The summed E-state index contributed by atoms with van der Waals surface area (Å²) >= 11 is 5.94. The summed E-state index contributed by atoms with van der Waals surface area (Å²) in [6, 6.07) is 0. The minimum absolute atomic E-state index is 0.147. The SMILES string of the molecule is CC(C)c1ncc(Cl)c(C(=O)NCCCCCO)n1. The first-order valence-electron chi connectivity index (χ1n) is 6.47. The van der Waals surface area contributed by atoms with Crippen LogP contribution in [-0.4, -0.2) is 34.1 Å². The summed E-state index contributed by atoms with van der Waals surface area (Å²) in [5.74, 6) is 0.474. The number of hydrogen-bond acceptors (Lipinski definition) is 4. The normalized spacial score (nSPS) is 10.8. The Morgan fingerprint density at radius 1 is 1.42 bits per heavy atom. The first kappa shape index (κ1) is 15.9. The average molecular weight is 286 g/mol. The molecule has 1 aromatic heterocycles. The number of nitrogens with zero attached hydrogens (tertiary/aromatic N) is 2. The van der Waals surface area contributed by atoms with Crippen molar-refractivity contribution in [2.75, 3.05) is 13.2 Å². The smallest absolute Gasteiger partial charge is 0.271 e. The first-order valence-corrected chi connectivity index (χ1v) is 6.85. The summed E-state index contributed by atoms with van der Waals surface area (Å²) in [5.41, 5.74) is 0.225. The highest BCUT2D eigenvalue weighted by atomic mass is 35.5. The molecule has 1 rings (SSSR count). The van der Waals surface area contributed by atoms with E-state index >= 15 is 0 Å². The molecule has 0 aliphatic rings. The number of aliphatic hydroxyl groups excluding tert-OH is 1. The maximum absolute atomic E-state index is 11.9. The molecule has 0 aromatic carbocycles. The molecule has 0 aliphatic carbocycles. The van der Waals surface area contributed by atoms with Crippen molar-refractivity contribution in [3.63, 3.8) is 0 Å². The Kier molecular flexibility index (Phi) is 6.73. The fourth-order valence-electron chi connectivity index (χ4n) is 1.52. The van der Waals surface area contributed by atoms with E-state index in [1.54, 1.807) is 0 Å². The molecule has 0 bridgehead atoms. The molecule has 19 heavy (non-hydrogen) atoms. The molecule has 0 unspecified atom stereocenters. The van der Waals surface area contributed by atoms with Gasteiger partial charge in [-0.05, 0) is 19.3 Å². The summed E-state index contributed by atoms with van der Waals surface area (Å²) in [5, 5.41) is 11.7. The molecular weight excluding hydrogens is 266 g/mol. The van der Waals surface area contributed by atoms with Crippen molar-refractivity contribution in [2.24, 2.45) is 0 Å². The van der Waals surface area contributed by atoms with Crippen LogP contribution in [0.15, 0.2) is 6.20 Å². The van der Waals surface area contributed by atoms with Crippen LogP contribution < -0.4 is 5.32 Å². The average Bonchev–Trinajstić information content (AvgIpc) is 2.38. The van der Waals surface area contributed by atoms with Crippen LogP contribution in [-0.2, 0) is 0 Å². The van der Waals surface area contributed by atoms with Crippen LogP contribution in [0.3, 0.4) is 0 Å². The number of carbonyl (C=O) groups excluding carboxylic acids is 1. The molecule has 106 valence electrons.